The fraction of sp³-hybridized carbons (Fsp3) is 0.466. The van der Waals surface area contributed by atoms with Crippen LogP contribution in [0.5, 0.6) is 0 Å². The summed E-state index contributed by atoms with van der Waals surface area (Å²) in [6, 6.07) is 46.6. The molecule has 3 heterocycles. The highest BCUT2D eigenvalue weighted by molar-refractivity contribution is 7.22. The van der Waals surface area contributed by atoms with Crippen LogP contribution in [-0.2, 0) is 37.9 Å². The van der Waals surface area contributed by atoms with Gasteiger partial charge >= 0.3 is 0 Å². The summed E-state index contributed by atoms with van der Waals surface area (Å²) in [5.41, 5.74) is 23.7. The van der Waals surface area contributed by atoms with Crippen molar-refractivity contribution in [3.8, 4) is 21.7 Å². The van der Waals surface area contributed by atoms with E-state index < -0.39 is 0 Å². The number of fused-ring (bicyclic) bond motifs is 4. The minimum absolute atomic E-state index is 0.0473. The second-order valence-electron chi connectivity index (χ2n) is 31.4. The quantitative estimate of drug-likeness (QED) is 0.160. The molecule has 0 N–H and O–H groups in total. The first kappa shape index (κ1) is 53.3. The van der Waals surface area contributed by atoms with E-state index >= 15 is 0 Å². The van der Waals surface area contributed by atoms with Crippen molar-refractivity contribution in [2.24, 2.45) is 17.8 Å². The van der Waals surface area contributed by atoms with Crippen LogP contribution in [0.3, 0.4) is 0 Å². The van der Waals surface area contributed by atoms with Crippen molar-refractivity contribution in [1.29, 1.82) is 0 Å². The Morgan fingerprint density at radius 3 is 1.27 bits per heavy atom. The van der Waals surface area contributed by atoms with Gasteiger partial charge in [-0.1, -0.05) is 209 Å². The van der Waals surface area contributed by atoms with Crippen molar-refractivity contribution in [2.45, 2.75) is 201 Å². The summed E-state index contributed by atoms with van der Waals surface area (Å²) < 4.78 is 0. The van der Waals surface area contributed by atoms with Crippen molar-refractivity contribution in [1.82, 2.24) is 4.98 Å². The lowest BCUT2D eigenvalue weighted by Gasteiger charge is -2.57. The first-order valence-electron chi connectivity index (χ1n) is 29.8. The summed E-state index contributed by atoms with van der Waals surface area (Å²) in [5.74, 6) is 2.46. The topological polar surface area (TPSA) is 19.4 Å². The van der Waals surface area contributed by atoms with Gasteiger partial charge in [0.1, 0.15) is 10.0 Å². The van der Waals surface area contributed by atoms with Crippen molar-refractivity contribution in [2.75, 3.05) is 9.80 Å². The molecule has 6 aliphatic rings. The van der Waals surface area contributed by atoms with Gasteiger partial charge in [0.25, 0.3) is 6.71 Å². The first-order chi connectivity index (χ1) is 36.3. The smallest absolute Gasteiger partial charge is 0.276 e. The molecule has 0 amide bonds. The van der Waals surface area contributed by atoms with Gasteiger partial charge in [0, 0.05) is 34.0 Å². The van der Waals surface area contributed by atoms with Crippen LogP contribution in [0, 0.1) is 17.8 Å². The van der Waals surface area contributed by atoms with Gasteiger partial charge < -0.3 is 9.80 Å². The number of thiazole rings is 1. The second-order valence-corrected chi connectivity index (χ2v) is 32.4. The normalized spacial score (nSPS) is 21.0. The second kappa shape index (κ2) is 17.8. The van der Waals surface area contributed by atoms with Crippen LogP contribution >= 0.6 is 11.3 Å². The first-order valence-corrected chi connectivity index (χ1v) is 30.6. The third-order valence-electron chi connectivity index (χ3n) is 19.1. The molecule has 3 nitrogen and oxygen atoms in total. The molecule has 13 rings (SSSR count). The molecule has 4 fully saturated rings. The average molecular weight is 1050 g/mol. The summed E-state index contributed by atoms with van der Waals surface area (Å²) in [5, 5.41) is 2.32. The zero-order valence-electron chi connectivity index (χ0n) is 50.8. The molecule has 0 saturated heterocycles. The Morgan fingerprint density at radius 1 is 0.423 bits per heavy atom. The van der Waals surface area contributed by atoms with Gasteiger partial charge in [-0.2, -0.15) is 0 Å². The van der Waals surface area contributed by atoms with Crippen LogP contribution in [-0.4, -0.2) is 11.7 Å². The van der Waals surface area contributed by atoms with Crippen molar-refractivity contribution < 1.29 is 0 Å². The van der Waals surface area contributed by atoms with Gasteiger partial charge in [-0.15, -0.1) is 0 Å². The van der Waals surface area contributed by atoms with Gasteiger partial charge in [-0.3, -0.25) is 0 Å². The van der Waals surface area contributed by atoms with Gasteiger partial charge in [0.2, 0.25) is 0 Å². The van der Waals surface area contributed by atoms with Gasteiger partial charge in [-0.05, 0) is 198 Å². The fourth-order valence-corrected chi connectivity index (χ4v) is 15.8. The number of hydrogen-bond acceptors (Lipinski definition) is 4. The lowest BCUT2D eigenvalue weighted by molar-refractivity contribution is -0.00514. The lowest BCUT2D eigenvalue weighted by atomic mass is 9.35. The van der Waals surface area contributed by atoms with Crippen LogP contribution < -0.4 is 26.3 Å². The molecular formula is C73H88BN3S. The molecule has 6 aromatic carbocycles. The van der Waals surface area contributed by atoms with Gasteiger partial charge in [-0.25, -0.2) is 4.98 Å². The molecule has 0 unspecified atom stereocenters. The van der Waals surface area contributed by atoms with Gasteiger partial charge in [0.05, 0.1) is 5.59 Å². The Kier molecular flexibility index (Phi) is 12.2. The zero-order chi connectivity index (χ0) is 55.6. The van der Waals surface area contributed by atoms with Crippen LogP contribution in [0.1, 0.15) is 202 Å². The number of aromatic nitrogens is 1. The number of rotatable bonds is 5. The van der Waals surface area contributed by atoms with E-state index in [0.29, 0.717) is 0 Å². The monoisotopic (exact) mass is 1050 g/mol. The standard InChI is InChI=1S/C73H88BN3S/c1-67(2,3)50-25-23-48(24-26-50)47-19-21-49(22-20-47)65-75-64-66(78-65)77(58-36-54(71(13,14)15)33-55(37-58)72(16,17)18)62-40-56(73-41-44-29-45(42-73)31-46(30-44)43-73)39-61-63(62)74(64)59-38-51(68(4,5)6)27-28-60(59)76(61)57-34-52(69(7,8)9)32-53(35-57)70(10,11)12/h19-28,32-40,44-46H,29-31,41-43H2,1-18H3. The van der Waals surface area contributed by atoms with Crippen LogP contribution in [0.4, 0.5) is 33.4 Å². The molecule has 4 aliphatic carbocycles. The molecular weight excluding hydrogens is 962 g/mol. The van der Waals surface area contributed by atoms with Crippen molar-refractivity contribution >= 4 is 68.0 Å². The Hall–Kier alpha value is -5.39. The molecule has 5 heteroatoms. The summed E-state index contributed by atoms with van der Waals surface area (Å²) in [6.07, 6.45) is 8.18. The summed E-state index contributed by atoms with van der Waals surface area (Å²) >= 11 is 1.89. The molecule has 2 aliphatic heterocycles. The Morgan fingerprint density at radius 2 is 0.821 bits per heavy atom. The summed E-state index contributed by atoms with van der Waals surface area (Å²) in [7, 11) is 0. The van der Waals surface area contributed by atoms with Crippen LogP contribution in [0.15, 0.2) is 115 Å². The SMILES string of the molecule is CC(C)(C)c1ccc(-c2ccc(-c3nc4c(s3)N(c3cc(C(C)(C)C)cc(C(C)(C)C)c3)c3cc(C56CC7CC(CC(C7)C5)C6)cc5c3B4c3cc(C(C)(C)C)ccc3N5c3cc(C(C)(C)C)cc(C(C)(C)C)c3)cc2)cc1. The van der Waals surface area contributed by atoms with E-state index in [4.69, 9.17) is 4.98 Å². The Bertz CT molecular complexity index is 3390. The molecule has 0 radical (unpaired) electrons. The Balaban J connectivity index is 1.17. The number of hydrogen-bond donors (Lipinski definition) is 0. The average Bonchev–Trinajstić information content (AvgIpc) is 3.79. The largest absolute Gasteiger partial charge is 0.311 e. The minimum Gasteiger partial charge on any atom is -0.311 e. The maximum absolute atomic E-state index is 6.02. The van der Waals surface area contributed by atoms with Crippen molar-refractivity contribution in [3.05, 3.63) is 154 Å². The Labute approximate surface area is 474 Å². The zero-order valence-corrected chi connectivity index (χ0v) is 51.6. The van der Waals surface area contributed by atoms with Crippen LogP contribution in [0.25, 0.3) is 21.7 Å². The molecule has 4 saturated carbocycles. The molecule has 0 atom stereocenters. The summed E-state index contributed by atoms with van der Waals surface area (Å²) in [4.78, 5) is 11.5. The van der Waals surface area contributed by atoms with E-state index in [2.05, 4.69) is 250 Å². The number of nitrogens with zero attached hydrogens (tertiary/aromatic N) is 3. The third kappa shape index (κ3) is 9.22. The molecule has 1 aromatic heterocycles. The van der Waals surface area contributed by atoms with E-state index in [-0.39, 0.29) is 44.6 Å². The predicted octanol–water partition coefficient (Wildman–Crippen LogP) is 18.8. The van der Waals surface area contributed by atoms with Gasteiger partial charge in [0.15, 0.2) is 0 Å². The predicted molar refractivity (Wildman–Crippen MR) is 339 cm³/mol. The molecule has 78 heavy (non-hydrogen) atoms. The summed E-state index contributed by atoms with van der Waals surface area (Å²) in [6.45, 7) is 42.6. The van der Waals surface area contributed by atoms with E-state index in [1.54, 1.807) is 5.56 Å². The van der Waals surface area contributed by atoms with E-state index in [9.17, 15) is 0 Å². The highest BCUT2D eigenvalue weighted by Crippen LogP contribution is 2.62. The number of anilines is 6. The van der Waals surface area contributed by atoms with E-state index in [0.717, 1.165) is 33.9 Å². The molecule has 0 spiro atoms. The third-order valence-corrected chi connectivity index (χ3v) is 20.3. The highest BCUT2D eigenvalue weighted by atomic mass is 32.1. The number of benzene rings is 6. The maximum Gasteiger partial charge on any atom is 0.276 e. The van der Waals surface area contributed by atoms with E-state index in [1.807, 2.05) is 11.3 Å². The minimum atomic E-state index is -0.0772. The molecule has 404 valence electrons. The molecule has 4 bridgehead atoms. The van der Waals surface area contributed by atoms with Crippen molar-refractivity contribution in [3.63, 3.8) is 0 Å². The maximum atomic E-state index is 6.02. The fourth-order valence-electron chi connectivity index (χ4n) is 14.7. The van der Waals surface area contributed by atoms with Crippen LogP contribution in [0.2, 0.25) is 0 Å². The molecule has 7 aromatic rings. The lowest BCUT2D eigenvalue weighted by Crippen LogP contribution is -2.62. The van der Waals surface area contributed by atoms with E-state index in [1.165, 1.54) is 127 Å². The highest BCUT2D eigenvalue weighted by Gasteiger charge is 2.54.